The smallest absolute Gasteiger partial charge is 0.151 e. The first-order chi connectivity index (χ1) is 7.55. The summed E-state index contributed by atoms with van der Waals surface area (Å²) in [5, 5.41) is 3.26. The molecule has 4 nitrogen and oxygen atoms in total. The number of hydrogen-bond acceptors (Lipinski definition) is 4. The molecule has 1 unspecified atom stereocenters. The van der Waals surface area contributed by atoms with E-state index >= 15 is 0 Å². The summed E-state index contributed by atoms with van der Waals surface area (Å²) in [6, 6.07) is 0.383. The van der Waals surface area contributed by atoms with Crippen LogP contribution in [0.2, 0.25) is 0 Å². The Morgan fingerprint density at radius 1 is 1.44 bits per heavy atom. The van der Waals surface area contributed by atoms with Gasteiger partial charge in [-0.2, -0.15) is 0 Å². The molecular formula is C11H22N2O2S. The van der Waals surface area contributed by atoms with Crippen LogP contribution in [0.1, 0.15) is 13.3 Å². The number of nitrogens with zero attached hydrogens (tertiary/aromatic N) is 1. The molecule has 0 aromatic heterocycles. The molecule has 1 fully saturated rings. The summed E-state index contributed by atoms with van der Waals surface area (Å²) in [5.41, 5.74) is 0. The summed E-state index contributed by atoms with van der Waals surface area (Å²) >= 11 is 0. The summed E-state index contributed by atoms with van der Waals surface area (Å²) < 4.78 is 22.9. The fraction of sp³-hybridized carbons (Fsp3) is 0.818. The molecule has 0 spiro atoms. The maximum Gasteiger partial charge on any atom is 0.151 e. The van der Waals surface area contributed by atoms with Crippen LogP contribution < -0.4 is 5.32 Å². The molecule has 16 heavy (non-hydrogen) atoms. The van der Waals surface area contributed by atoms with Gasteiger partial charge < -0.3 is 5.32 Å². The van der Waals surface area contributed by atoms with Gasteiger partial charge in [0.2, 0.25) is 0 Å². The van der Waals surface area contributed by atoms with Gasteiger partial charge in [-0.1, -0.05) is 6.08 Å². The zero-order chi connectivity index (χ0) is 12.0. The van der Waals surface area contributed by atoms with Crippen molar-refractivity contribution in [2.75, 3.05) is 37.7 Å². The zero-order valence-corrected chi connectivity index (χ0v) is 10.8. The lowest BCUT2D eigenvalue weighted by atomic mass is 10.2. The summed E-state index contributed by atoms with van der Waals surface area (Å²) in [6.07, 6.45) is 2.59. The van der Waals surface area contributed by atoms with Gasteiger partial charge in [0.15, 0.2) is 9.84 Å². The van der Waals surface area contributed by atoms with Gasteiger partial charge in [0.05, 0.1) is 11.5 Å². The van der Waals surface area contributed by atoms with Crippen LogP contribution in [-0.4, -0.2) is 57.0 Å². The fourth-order valence-electron chi connectivity index (χ4n) is 1.92. The van der Waals surface area contributed by atoms with Crippen molar-refractivity contribution in [2.45, 2.75) is 19.4 Å². The molecule has 0 radical (unpaired) electrons. The Bertz CT molecular complexity index is 314. The van der Waals surface area contributed by atoms with E-state index in [0.717, 1.165) is 26.1 Å². The highest BCUT2D eigenvalue weighted by Crippen LogP contribution is 2.08. The monoisotopic (exact) mass is 246 g/mol. The van der Waals surface area contributed by atoms with Crippen LogP contribution in [0, 0.1) is 0 Å². The van der Waals surface area contributed by atoms with Crippen molar-refractivity contribution in [1.82, 2.24) is 10.2 Å². The minimum absolute atomic E-state index is 0.304. The third kappa shape index (κ3) is 4.63. The van der Waals surface area contributed by atoms with Gasteiger partial charge in [-0.25, -0.2) is 8.42 Å². The lowest BCUT2D eigenvalue weighted by Gasteiger charge is -2.27. The van der Waals surface area contributed by atoms with Crippen molar-refractivity contribution < 1.29 is 8.42 Å². The molecule has 0 saturated carbocycles. The topological polar surface area (TPSA) is 49.4 Å². The van der Waals surface area contributed by atoms with Crippen molar-refractivity contribution in [3.8, 4) is 0 Å². The van der Waals surface area contributed by atoms with Gasteiger partial charge in [-0.05, 0) is 19.9 Å². The van der Waals surface area contributed by atoms with Crippen LogP contribution in [0.15, 0.2) is 12.7 Å². The molecule has 1 heterocycles. The average Bonchev–Trinajstić information content (AvgIpc) is 2.39. The first kappa shape index (κ1) is 13.7. The molecule has 1 N–H and O–H groups in total. The number of rotatable bonds is 5. The number of nitrogens with one attached hydrogen (secondary N) is 1. The maximum absolute atomic E-state index is 11.4. The molecule has 0 aliphatic carbocycles. The second-order valence-electron chi connectivity index (χ2n) is 4.34. The molecule has 0 bridgehead atoms. The summed E-state index contributed by atoms with van der Waals surface area (Å²) in [7, 11) is -2.79. The molecule has 5 heteroatoms. The van der Waals surface area contributed by atoms with Gasteiger partial charge in [0, 0.05) is 25.7 Å². The molecule has 94 valence electrons. The van der Waals surface area contributed by atoms with E-state index in [1.165, 1.54) is 0 Å². The Hall–Kier alpha value is -0.390. The highest BCUT2D eigenvalue weighted by Gasteiger charge is 2.21. The minimum Gasteiger partial charge on any atom is -0.312 e. The van der Waals surface area contributed by atoms with Crippen molar-refractivity contribution in [3.05, 3.63) is 12.7 Å². The predicted octanol–water partition coefficient (Wildman–Crippen LogP) is 0.271. The molecule has 0 aromatic carbocycles. The standard InChI is InChI=1S/C11H22N2O2S/c1-3-5-12-10-11(2)13-6-4-8-16(14,15)9-7-13/h3,11-12H,1,4-10H2,2H3. The number of sulfone groups is 1. The molecule has 0 amide bonds. The van der Waals surface area contributed by atoms with Crippen molar-refractivity contribution in [3.63, 3.8) is 0 Å². The Kier molecular flexibility index (Phi) is 5.44. The molecule has 1 aliphatic rings. The van der Waals surface area contributed by atoms with Crippen LogP contribution in [0.4, 0.5) is 0 Å². The normalized spacial score (nSPS) is 23.6. The van der Waals surface area contributed by atoms with Gasteiger partial charge in [0.25, 0.3) is 0 Å². The zero-order valence-electron chi connectivity index (χ0n) is 9.98. The molecular weight excluding hydrogens is 224 g/mol. The first-order valence-electron chi connectivity index (χ1n) is 5.81. The van der Waals surface area contributed by atoms with Crippen LogP contribution >= 0.6 is 0 Å². The summed E-state index contributed by atoms with van der Waals surface area (Å²) in [6.45, 7) is 9.02. The highest BCUT2D eigenvalue weighted by molar-refractivity contribution is 7.91. The summed E-state index contributed by atoms with van der Waals surface area (Å²) in [4.78, 5) is 2.25. The second-order valence-corrected chi connectivity index (χ2v) is 6.64. The molecule has 0 aromatic rings. The molecule has 1 atom stereocenters. The SMILES string of the molecule is C=CCNCC(C)N1CCCS(=O)(=O)CC1. The average molecular weight is 246 g/mol. The maximum atomic E-state index is 11.4. The predicted molar refractivity (Wildman–Crippen MR) is 67.4 cm³/mol. The lowest BCUT2D eigenvalue weighted by molar-refractivity contribution is 0.221. The molecule has 1 saturated heterocycles. The van der Waals surface area contributed by atoms with Gasteiger partial charge in [-0.3, -0.25) is 4.90 Å². The van der Waals surface area contributed by atoms with E-state index in [0.29, 0.717) is 24.1 Å². The van der Waals surface area contributed by atoms with Crippen LogP contribution in [-0.2, 0) is 9.84 Å². The largest absolute Gasteiger partial charge is 0.312 e. The van der Waals surface area contributed by atoms with E-state index in [2.05, 4.69) is 23.7 Å². The minimum atomic E-state index is -2.79. The first-order valence-corrected chi connectivity index (χ1v) is 7.63. The lowest BCUT2D eigenvalue weighted by Crippen LogP contribution is -2.41. The van der Waals surface area contributed by atoms with Crippen molar-refractivity contribution in [2.24, 2.45) is 0 Å². The van der Waals surface area contributed by atoms with Gasteiger partial charge >= 0.3 is 0 Å². The van der Waals surface area contributed by atoms with Crippen LogP contribution in [0.5, 0.6) is 0 Å². The Morgan fingerprint density at radius 3 is 2.88 bits per heavy atom. The van der Waals surface area contributed by atoms with Crippen LogP contribution in [0.25, 0.3) is 0 Å². The Morgan fingerprint density at radius 2 is 2.19 bits per heavy atom. The molecule has 1 rings (SSSR count). The highest BCUT2D eigenvalue weighted by atomic mass is 32.2. The van der Waals surface area contributed by atoms with E-state index < -0.39 is 9.84 Å². The second kappa shape index (κ2) is 6.37. The third-order valence-corrected chi connectivity index (χ3v) is 4.66. The quantitative estimate of drug-likeness (QED) is 0.559. The van der Waals surface area contributed by atoms with Crippen LogP contribution in [0.3, 0.4) is 0 Å². The van der Waals surface area contributed by atoms with Gasteiger partial charge in [0.1, 0.15) is 0 Å². The van der Waals surface area contributed by atoms with E-state index in [4.69, 9.17) is 0 Å². The van der Waals surface area contributed by atoms with E-state index in [-0.39, 0.29) is 0 Å². The Labute approximate surface area is 98.6 Å². The van der Waals surface area contributed by atoms with E-state index in [1.54, 1.807) is 0 Å². The number of hydrogen-bond donors (Lipinski definition) is 1. The van der Waals surface area contributed by atoms with Crippen molar-refractivity contribution >= 4 is 9.84 Å². The van der Waals surface area contributed by atoms with Crippen molar-refractivity contribution in [1.29, 1.82) is 0 Å². The van der Waals surface area contributed by atoms with E-state index in [1.807, 2.05) is 6.08 Å². The Balaban J connectivity index is 2.38. The molecule has 1 aliphatic heterocycles. The van der Waals surface area contributed by atoms with E-state index in [9.17, 15) is 8.42 Å². The van der Waals surface area contributed by atoms with Gasteiger partial charge in [-0.15, -0.1) is 6.58 Å². The fourth-order valence-corrected chi connectivity index (χ4v) is 3.21. The third-order valence-electron chi connectivity index (χ3n) is 2.94. The summed E-state index contributed by atoms with van der Waals surface area (Å²) in [5.74, 6) is 0.648.